The first-order valence-corrected chi connectivity index (χ1v) is 15.3. The van der Waals surface area contributed by atoms with Crippen molar-refractivity contribution in [2.24, 2.45) is 0 Å². The van der Waals surface area contributed by atoms with Crippen LogP contribution in [0, 0.1) is 6.92 Å². The van der Waals surface area contributed by atoms with Crippen LogP contribution in [0.15, 0.2) is 91.6 Å². The lowest BCUT2D eigenvalue weighted by Crippen LogP contribution is -2.46. The second-order valence-electron chi connectivity index (χ2n) is 11.5. The zero-order chi connectivity index (χ0) is 31.5. The third kappa shape index (κ3) is 6.15. The predicted octanol–water partition coefficient (Wildman–Crippen LogP) is 3.60. The van der Waals surface area contributed by atoms with Crippen molar-refractivity contribution in [2.45, 2.75) is 26.6 Å². The molecule has 1 amide bonds. The summed E-state index contributed by atoms with van der Waals surface area (Å²) in [7, 11) is 0. The van der Waals surface area contributed by atoms with Crippen molar-refractivity contribution in [2.75, 3.05) is 36.8 Å². The van der Waals surface area contributed by atoms with Crippen LogP contribution in [0.5, 0.6) is 0 Å². The molecule has 6 aromatic rings. The number of nitrogens with zero attached hydrogens (tertiary/aromatic N) is 9. The van der Waals surface area contributed by atoms with Crippen molar-refractivity contribution in [3.8, 4) is 5.69 Å². The molecule has 7 rings (SSSR count). The van der Waals surface area contributed by atoms with E-state index in [0.29, 0.717) is 47.0 Å². The fourth-order valence-electron chi connectivity index (χ4n) is 5.90. The minimum atomic E-state index is -0.175. The van der Waals surface area contributed by atoms with Gasteiger partial charge in [-0.1, -0.05) is 53.7 Å². The first kappa shape index (κ1) is 29.1. The monoisotopic (exact) mass is 613 g/mol. The maximum atomic E-state index is 13.6. The molecule has 12 nitrogen and oxygen atoms in total. The summed E-state index contributed by atoms with van der Waals surface area (Å²) in [5.41, 5.74) is 13.6. The van der Waals surface area contributed by atoms with Crippen LogP contribution in [0.2, 0.25) is 0 Å². The zero-order valence-electron chi connectivity index (χ0n) is 25.6. The lowest BCUT2D eigenvalue weighted by Gasteiger charge is -2.36. The van der Waals surface area contributed by atoms with Crippen LogP contribution in [-0.4, -0.2) is 71.5 Å². The molecule has 0 radical (unpaired) electrons. The minimum Gasteiger partial charge on any atom is -0.382 e. The van der Waals surface area contributed by atoms with Gasteiger partial charge in [0.25, 0.3) is 5.91 Å². The third-order valence-corrected chi connectivity index (χ3v) is 8.39. The standard InChI is InChI=1S/C34H35N11O/c1-24-11-12-29(30(17-24)45-21-27(40-41-45)20-44-23-39-31-32(35)37-22-38-33(31)44)34(46)36-18-25-7-5-6-8-26(25)19-42-13-15-43(16-14-42)28-9-3-2-4-10-28/h2-12,17,21-23H,13-16,18-20H2,1H3,(H,36,46)(H2,35,37,38). The molecule has 0 unspecified atom stereocenters. The number of amides is 1. The lowest BCUT2D eigenvalue weighted by molar-refractivity contribution is 0.0950. The number of hydrogen-bond donors (Lipinski definition) is 2. The highest BCUT2D eigenvalue weighted by molar-refractivity contribution is 5.97. The van der Waals surface area contributed by atoms with E-state index in [2.05, 4.69) is 88.9 Å². The van der Waals surface area contributed by atoms with E-state index in [1.165, 1.54) is 17.6 Å². The smallest absolute Gasteiger partial charge is 0.253 e. The number of piperazine rings is 1. The number of para-hydroxylation sites is 1. The van der Waals surface area contributed by atoms with Gasteiger partial charge in [-0.05, 0) is 47.9 Å². The second-order valence-corrected chi connectivity index (χ2v) is 11.5. The van der Waals surface area contributed by atoms with Gasteiger partial charge in [-0.15, -0.1) is 5.10 Å². The number of fused-ring (bicyclic) bond motifs is 1. The number of nitrogens with one attached hydrogen (secondary N) is 1. The van der Waals surface area contributed by atoms with Crippen LogP contribution in [-0.2, 0) is 19.6 Å². The van der Waals surface area contributed by atoms with Gasteiger partial charge in [0.2, 0.25) is 0 Å². The highest BCUT2D eigenvalue weighted by Crippen LogP contribution is 2.21. The van der Waals surface area contributed by atoms with E-state index in [-0.39, 0.29) is 5.91 Å². The number of anilines is 2. The van der Waals surface area contributed by atoms with Crippen molar-refractivity contribution in [1.82, 2.24) is 44.7 Å². The van der Waals surface area contributed by atoms with Gasteiger partial charge in [0.05, 0.1) is 30.3 Å². The number of nitrogen functional groups attached to an aromatic ring is 1. The van der Waals surface area contributed by atoms with E-state index in [0.717, 1.165) is 43.9 Å². The molecular formula is C34H35N11O. The number of carbonyl (C=O) groups is 1. The van der Waals surface area contributed by atoms with Gasteiger partial charge in [-0.3, -0.25) is 9.69 Å². The number of benzene rings is 3. The van der Waals surface area contributed by atoms with Gasteiger partial charge >= 0.3 is 0 Å². The van der Waals surface area contributed by atoms with Gasteiger partial charge in [-0.2, -0.15) is 0 Å². The maximum Gasteiger partial charge on any atom is 0.253 e. The average Bonchev–Trinajstić information content (AvgIpc) is 3.73. The quantitative estimate of drug-likeness (QED) is 0.251. The van der Waals surface area contributed by atoms with E-state index < -0.39 is 0 Å². The summed E-state index contributed by atoms with van der Waals surface area (Å²) in [4.78, 5) is 31.2. The Labute approximate surface area is 266 Å². The number of carbonyl (C=O) groups excluding carboxylic acids is 1. The molecule has 1 saturated heterocycles. The summed E-state index contributed by atoms with van der Waals surface area (Å²) >= 11 is 0. The fourth-order valence-corrected chi connectivity index (χ4v) is 5.90. The first-order valence-electron chi connectivity index (χ1n) is 15.3. The molecule has 232 valence electrons. The van der Waals surface area contributed by atoms with E-state index in [9.17, 15) is 4.79 Å². The zero-order valence-corrected chi connectivity index (χ0v) is 25.6. The molecule has 3 aromatic heterocycles. The lowest BCUT2D eigenvalue weighted by atomic mass is 10.1. The number of aryl methyl sites for hydroxylation is 1. The normalized spacial score (nSPS) is 13.7. The minimum absolute atomic E-state index is 0.175. The average molecular weight is 614 g/mol. The van der Waals surface area contributed by atoms with Gasteiger partial charge in [0, 0.05) is 45.0 Å². The summed E-state index contributed by atoms with van der Waals surface area (Å²) in [6.45, 7) is 7.60. The number of imidazole rings is 1. The number of rotatable bonds is 9. The second kappa shape index (κ2) is 12.8. The molecule has 46 heavy (non-hydrogen) atoms. The molecule has 3 aromatic carbocycles. The molecule has 12 heteroatoms. The molecule has 0 saturated carbocycles. The van der Waals surface area contributed by atoms with Crippen LogP contribution >= 0.6 is 0 Å². The van der Waals surface area contributed by atoms with Crippen LogP contribution in [0.4, 0.5) is 11.5 Å². The van der Waals surface area contributed by atoms with Gasteiger partial charge in [0.15, 0.2) is 11.5 Å². The first-order chi connectivity index (χ1) is 22.5. The Balaban J connectivity index is 1.02. The van der Waals surface area contributed by atoms with Crippen LogP contribution < -0.4 is 16.0 Å². The summed E-state index contributed by atoms with van der Waals surface area (Å²) in [6.07, 6.45) is 4.88. The summed E-state index contributed by atoms with van der Waals surface area (Å²) < 4.78 is 3.48. The van der Waals surface area contributed by atoms with E-state index in [1.54, 1.807) is 11.0 Å². The Bertz CT molecular complexity index is 1980. The summed E-state index contributed by atoms with van der Waals surface area (Å²) in [5, 5.41) is 11.9. The Morgan fingerprint density at radius 2 is 1.67 bits per heavy atom. The number of aromatic nitrogens is 7. The van der Waals surface area contributed by atoms with Crippen LogP contribution in [0.1, 0.15) is 32.7 Å². The van der Waals surface area contributed by atoms with Crippen molar-refractivity contribution >= 4 is 28.6 Å². The Kier molecular flexibility index (Phi) is 8.09. The fraction of sp³-hybridized carbons (Fsp3) is 0.235. The molecular weight excluding hydrogens is 578 g/mol. The molecule has 0 bridgehead atoms. The summed E-state index contributed by atoms with van der Waals surface area (Å²) in [6, 6.07) is 24.6. The van der Waals surface area contributed by atoms with E-state index in [4.69, 9.17) is 5.73 Å². The SMILES string of the molecule is Cc1ccc(C(=O)NCc2ccccc2CN2CCN(c3ccccc3)CC2)c(-n2cc(Cn3cnc4c(N)ncnc43)nn2)c1. The van der Waals surface area contributed by atoms with Gasteiger partial charge in [0.1, 0.15) is 17.5 Å². The molecule has 1 fully saturated rings. The van der Waals surface area contributed by atoms with Crippen molar-refractivity contribution < 1.29 is 4.79 Å². The highest BCUT2D eigenvalue weighted by atomic mass is 16.1. The van der Waals surface area contributed by atoms with Crippen LogP contribution in [0.25, 0.3) is 16.9 Å². The third-order valence-electron chi connectivity index (χ3n) is 8.39. The molecule has 0 aliphatic carbocycles. The Morgan fingerprint density at radius 3 is 2.50 bits per heavy atom. The van der Waals surface area contributed by atoms with Gasteiger partial charge in [-0.25, -0.2) is 19.6 Å². The molecule has 0 atom stereocenters. The van der Waals surface area contributed by atoms with E-state index in [1.807, 2.05) is 42.0 Å². The van der Waals surface area contributed by atoms with Crippen molar-refractivity contribution in [1.29, 1.82) is 0 Å². The molecule has 1 aliphatic heterocycles. The Hall–Kier alpha value is -5.62. The van der Waals surface area contributed by atoms with Gasteiger partial charge < -0.3 is 20.5 Å². The molecule has 0 spiro atoms. The summed E-state index contributed by atoms with van der Waals surface area (Å²) in [5.74, 6) is 0.151. The predicted molar refractivity (Wildman–Crippen MR) is 176 cm³/mol. The van der Waals surface area contributed by atoms with Crippen LogP contribution in [0.3, 0.4) is 0 Å². The van der Waals surface area contributed by atoms with Crippen molar-refractivity contribution in [3.05, 3.63) is 120 Å². The highest BCUT2D eigenvalue weighted by Gasteiger charge is 2.20. The number of hydrogen-bond acceptors (Lipinski definition) is 9. The number of nitrogens with two attached hydrogens (primary N) is 1. The molecule has 4 heterocycles. The van der Waals surface area contributed by atoms with Crippen molar-refractivity contribution in [3.63, 3.8) is 0 Å². The largest absolute Gasteiger partial charge is 0.382 e. The molecule has 3 N–H and O–H groups in total. The Morgan fingerprint density at radius 1 is 0.891 bits per heavy atom. The maximum absolute atomic E-state index is 13.6. The van der Waals surface area contributed by atoms with E-state index >= 15 is 0 Å². The molecule has 1 aliphatic rings. The topological polar surface area (TPSA) is 136 Å².